The molecule has 1 fully saturated rings. The molecule has 0 amide bonds. The molecular weight excluding hydrogens is 224 g/mol. The van der Waals surface area contributed by atoms with Gasteiger partial charge in [-0.15, -0.1) is 0 Å². The van der Waals surface area contributed by atoms with Crippen LogP contribution in [0.5, 0.6) is 0 Å². The number of anilines is 1. The van der Waals surface area contributed by atoms with E-state index in [2.05, 4.69) is 46.4 Å². The normalized spacial score (nSPS) is 20.4. The van der Waals surface area contributed by atoms with Crippen molar-refractivity contribution < 1.29 is 0 Å². The number of nitrogens with two attached hydrogens (primary N) is 1. The highest BCUT2D eigenvalue weighted by Gasteiger charge is 2.21. The van der Waals surface area contributed by atoms with Crippen LogP contribution in [0.2, 0.25) is 0 Å². The smallest absolute Gasteiger partial charge is 0.145 e. The molecule has 3 rings (SSSR count). The van der Waals surface area contributed by atoms with Crippen molar-refractivity contribution >= 4 is 5.82 Å². The number of hydrogen-bond acceptors (Lipinski definition) is 3. The van der Waals surface area contributed by atoms with E-state index in [4.69, 9.17) is 5.73 Å². The fourth-order valence-electron chi connectivity index (χ4n) is 2.65. The average molecular weight is 242 g/mol. The fraction of sp³-hybridized carbons (Fsp3) is 0.357. The lowest BCUT2D eigenvalue weighted by atomic mass is 9.96. The number of aromatic nitrogens is 2. The lowest BCUT2D eigenvalue weighted by molar-refractivity contribution is 0.411. The highest BCUT2D eigenvalue weighted by molar-refractivity contribution is 5.62. The molecule has 1 atom stereocenters. The van der Waals surface area contributed by atoms with Crippen molar-refractivity contribution in [2.45, 2.75) is 12.3 Å². The quantitative estimate of drug-likeness (QED) is 0.847. The van der Waals surface area contributed by atoms with Crippen LogP contribution < -0.4 is 5.73 Å². The molecule has 0 spiro atoms. The summed E-state index contributed by atoms with van der Waals surface area (Å²) in [7, 11) is 2.18. The molecule has 1 aromatic heterocycles. The molecule has 2 aromatic rings. The number of H-pyrrole nitrogens is 1. The molecule has 0 radical (unpaired) electrons. The van der Waals surface area contributed by atoms with Crippen LogP contribution in [-0.4, -0.2) is 35.2 Å². The Morgan fingerprint density at radius 1 is 1.39 bits per heavy atom. The first-order valence-corrected chi connectivity index (χ1v) is 6.32. The molecule has 4 nitrogen and oxygen atoms in total. The molecule has 18 heavy (non-hydrogen) atoms. The Kier molecular flexibility index (Phi) is 2.80. The fourth-order valence-corrected chi connectivity index (χ4v) is 2.65. The van der Waals surface area contributed by atoms with Gasteiger partial charge >= 0.3 is 0 Å². The number of nitrogens with one attached hydrogen (secondary N) is 1. The third-order valence-corrected chi connectivity index (χ3v) is 3.66. The first-order chi connectivity index (χ1) is 8.72. The van der Waals surface area contributed by atoms with E-state index < -0.39 is 0 Å². The van der Waals surface area contributed by atoms with Gasteiger partial charge in [0, 0.05) is 12.6 Å². The second-order valence-electron chi connectivity index (χ2n) is 5.08. The van der Waals surface area contributed by atoms with Gasteiger partial charge in [0.05, 0.1) is 5.69 Å². The van der Waals surface area contributed by atoms with Crippen molar-refractivity contribution in [1.82, 2.24) is 15.1 Å². The molecular formula is C14H18N4. The summed E-state index contributed by atoms with van der Waals surface area (Å²) in [6.45, 7) is 2.33. The van der Waals surface area contributed by atoms with E-state index in [-0.39, 0.29) is 0 Å². The topological polar surface area (TPSA) is 57.9 Å². The number of likely N-dealkylation sites (N-methyl/N-ethyl adjacent to an activating group) is 1. The summed E-state index contributed by atoms with van der Waals surface area (Å²) in [4.78, 5) is 2.38. The van der Waals surface area contributed by atoms with Gasteiger partial charge in [0.2, 0.25) is 0 Å². The Bertz CT molecular complexity index is 546. The predicted octanol–water partition coefficient (Wildman–Crippen LogP) is 2.08. The molecule has 94 valence electrons. The van der Waals surface area contributed by atoms with Crippen LogP contribution >= 0.6 is 0 Å². The molecule has 1 aliphatic rings. The molecule has 1 aromatic carbocycles. The average Bonchev–Trinajstić information content (AvgIpc) is 2.98. The summed E-state index contributed by atoms with van der Waals surface area (Å²) in [6.07, 6.45) is 1.24. The Balaban J connectivity index is 1.89. The maximum atomic E-state index is 5.65. The summed E-state index contributed by atoms with van der Waals surface area (Å²) in [5.41, 5.74) is 9.20. The minimum absolute atomic E-state index is 0.538. The molecule has 4 heteroatoms. The Labute approximate surface area is 107 Å². The first-order valence-electron chi connectivity index (χ1n) is 6.32. The molecule has 0 aliphatic carbocycles. The zero-order chi connectivity index (χ0) is 12.5. The van der Waals surface area contributed by atoms with Crippen molar-refractivity contribution in [3.8, 4) is 11.3 Å². The van der Waals surface area contributed by atoms with Crippen molar-refractivity contribution in [1.29, 1.82) is 0 Å². The Morgan fingerprint density at radius 2 is 2.28 bits per heavy atom. The Hall–Kier alpha value is -1.81. The van der Waals surface area contributed by atoms with E-state index in [9.17, 15) is 0 Å². The zero-order valence-electron chi connectivity index (χ0n) is 10.6. The van der Waals surface area contributed by atoms with Gasteiger partial charge in [-0.1, -0.05) is 18.2 Å². The Morgan fingerprint density at radius 3 is 2.94 bits per heavy atom. The van der Waals surface area contributed by atoms with E-state index in [1.807, 2.05) is 6.07 Å². The molecule has 1 aliphatic heterocycles. The number of hydrogen-bond donors (Lipinski definition) is 2. The van der Waals surface area contributed by atoms with Crippen molar-refractivity contribution in [3.63, 3.8) is 0 Å². The molecule has 1 unspecified atom stereocenters. The van der Waals surface area contributed by atoms with E-state index >= 15 is 0 Å². The minimum Gasteiger partial charge on any atom is -0.382 e. The zero-order valence-corrected chi connectivity index (χ0v) is 10.6. The van der Waals surface area contributed by atoms with Gasteiger partial charge in [-0.3, -0.25) is 5.10 Å². The van der Waals surface area contributed by atoms with Crippen LogP contribution in [0, 0.1) is 0 Å². The lowest BCUT2D eigenvalue weighted by Gasteiger charge is -2.11. The first kappa shape index (κ1) is 11.3. The summed E-state index contributed by atoms with van der Waals surface area (Å²) in [6, 6.07) is 10.5. The highest BCUT2D eigenvalue weighted by Crippen LogP contribution is 2.29. The third-order valence-electron chi connectivity index (χ3n) is 3.66. The largest absolute Gasteiger partial charge is 0.382 e. The standard InChI is InChI=1S/C14H18N4/c1-18-6-5-12(9-18)10-3-2-4-11(7-10)13-8-14(15)17-16-13/h2-4,7-8,12H,5-6,9H2,1H3,(H3,15,16,17). The van der Waals surface area contributed by atoms with Crippen LogP contribution in [0.1, 0.15) is 17.9 Å². The summed E-state index contributed by atoms with van der Waals surface area (Å²) >= 11 is 0. The third kappa shape index (κ3) is 2.11. The number of rotatable bonds is 2. The van der Waals surface area contributed by atoms with Crippen LogP contribution in [0.15, 0.2) is 30.3 Å². The number of benzene rings is 1. The lowest BCUT2D eigenvalue weighted by Crippen LogP contribution is -2.13. The van der Waals surface area contributed by atoms with Crippen LogP contribution in [0.4, 0.5) is 5.82 Å². The monoisotopic (exact) mass is 242 g/mol. The van der Waals surface area contributed by atoms with Gasteiger partial charge in [0.25, 0.3) is 0 Å². The second-order valence-corrected chi connectivity index (χ2v) is 5.08. The molecule has 0 saturated carbocycles. The van der Waals surface area contributed by atoms with Crippen molar-refractivity contribution in [2.24, 2.45) is 0 Å². The van der Waals surface area contributed by atoms with Crippen molar-refractivity contribution in [2.75, 3.05) is 25.9 Å². The molecule has 1 saturated heterocycles. The summed E-state index contributed by atoms with van der Waals surface area (Å²) in [5, 5.41) is 6.94. The van der Waals surface area contributed by atoms with Gasteiger partial charge in [-0.25, -0.2) is 0 Å². The highest BCUT2D eigenvalue weighted by atomic mass is 15.2. The molecule has 0 bridgehead atoms. The van der Waals surface area contributed by atoms with Gasteiger partial charge in [0.15, 0.2) is 0 Å². The SMILES string of the molecule is CN1CCC(c2cccc(-c3cc(N)n[nH]3)c2)C1. The van der Waals surface area contributed by atoms with E-state index in [0.29, 0.717) is 11.7 Å². The number of nitrogens with zero attached hydrogens (tertiary/aromatic N) is 2. The number of likely N-dealkylation sites (tertiary alicyclic amines) is 1. The van der Waals surface area contributed by atoms with Gasteiger partial charge in [-0.2, -0.15) is 5.10 Å². The van der Waals surface area contributed by atoms with E-state index in [1.165, 1.54) is 18.5 Å². The minimum atomic E-state index is 0.538. The second kappa shape index (κ2) is 4.46. The number of nitrogen functional groups attached to an aromatic ring is 1. The van der Waals surface area contributed by atoms with Crippen LogP contribution in [0.25, 0.3) is 11.3 Å². The van der Waals surface area contributed by atoms with Gasteiger partial charge < -0.3 is 10.6 Å². The number of aromatic amines is 1. The van der Waals surface area contributed by atoms with Gasteiger partial charge in [-0.05, 0) is 43.1 Å². The summed E-state index contributed by atoms with van der Waals surface area (Å²) in [5.74, 6) is 1.19. The van der Waals surface area contributed by atoms with E-state index in [1.54, 1.807) is 0 Å². The maximum Gasteiger partial charge on any atom is 0.145 e. The predicted molar refractivity (Wildman–Crippen MR) is 73.3 cm³/mol. The van der Waals surface area contributed by atoms with Crippen molar-refractivity contribution in [3.05, 3.63) is 35.9 Å². The van der Waals surface area contributed by atoms with E-state index in [0.717, 1.165) is 17.8 Å². The summed E-state index contributed by atoms with van der Waals surface area (Å²) < 4.78 is 0. The molecule has 3 N–H and O–H groups in total. The molecule has 2 heterocycles. The van der Waals surface area contributed by atoms with Crippen LogP contribution in [0.3, 0.4) is 0 Å². The maximum absolute atomic E-state index is 5.65. The van der Waals surface area contributed by atoms with Gasteiger partial charge in [0.1, 0.15) is 5.82 Å². The van der Waals surface area contributed by atoms with Crippen LogP contribution in [-0.2, 0) is 0 Å².